The van der Waals surface area contributed by atoms with Crippen LogP contribution >= 0.6 is 0 Å². The van der Waals surface area contributed by atoms with Crippen molar-refractivity contribution in [2.75, 3.05) is 0 Å². The molecule has 0 radical (unpaired) electrons. The first-order chi connectivity index (χ1) is 24.6. The molecule has 0 amide bonds. The first-order valence-electron chi connectivity index (χ1n) is 22.5. The second-order valence-corrected chi connectivity index (χ2v) is 15.4. The molecule has 0 heterocycles. The SMILES string of the molecule is CCCCCCCCCCCC(CCCCCCCC)OC(=O)c1ccccc1.CCCCCCCCCCCC(O)CCCCCCCC. The molecular formula is C47H88O3. The van der Waals surface area contributed by atoms with Crippen molar-refractivity contribution in [3.63, 3.8) is 0 Å². The lowest BCUT2D eigenvalue weighted by atomic mass is 10.0. The van der Waals surface area contributed by atoms with E-state index in [0.29, 0.717) is 5.56 Å². The van der Waals surface area contributed by atoms with E-state index >= 15 is 0 Å². The molecule has 2 unspecified atom stereocenters. The second kappa shape index (κ2) is 40.4. The topological polar surface area (TPSA) is 46.5 Å². The molecule has 0 aliphatic heterocycles. The van der Waals surface area contributed by atoms with Crippen molar-refractivity contribution in [1.29, 1.82) is 0 Å². The molecule has 0 saturated heterocycles. The fourth-order valence-corrected chi connectivity index (χ4v) is 6.89. The van der Waals surface area contributed by atoms with Crippen molar-refractivity contribution < 1.29 is 14.6 Å². The molecule has 294 valence electrons. The van der Waals surface area contributed by atoms with Crippen LogP contribution in [0, 0.1) is 0 Å². The number of aliphatic hydroxyl groups is 1. The predicted octanol–water partition coefficient (Wildman–Crippen LogP) is 15.9. The fourth-order valence-electron chi connectivity index (χ4n) is 6.89. The summed E-state index contributed by atoms with van der Waals surface area (Å²) in [6.45, 7) is 9.06. The highest BCUT2D eigenvalue weighted by Gasteiger charge is 2.15. The average Bonchev–Trinajstić information content (AvgIpc) is 3.13. The third kappa shape index (κ3) is 35.1. The molecule has 1 rings (SSSR count). The van der Waals surface area contributed by atoms with Crippen LogP contribution in [0.25, 0.3) is 0 Å². The highest BCUT2D eigenvalue weighted by molar-refractivity contribution is 5.89. The third-order valence-electron chi connectivity index (χ3n) is 10.3. The monoisotopic (exact) mass is 701 g/mol. The number of aliphatic hydroxyl groups excluding tert-OH is 1. The molecule has 2 atom stereocenters. The minimum absolute atomic E-state index is 0.0271. The summed E-state index contributed by atoms with van der Waals surface area (Å²) in [7, 11) is 0. The van der Waals surface area contributed by atoms with Crippen LogP contribution in [0.1, 0.15) is 256 Å². The van der Waals surface area contributed by atoms with Crippen LogP contribution in [-0.2, 0) is 4.74 Å². The Balaban J connectivity index is 0.00000101. The molecule has 0 saturated carbocycles. The molecule has 0 aromatic heterocycles. The van der Waals surface area contributed by atoms with Crippen LogP contribution in [0.2, 0.25) is 0 Å². The number of esters is 1. The van der Waals surface area contributed by atoms with Gasteiger partial charge in [0.2, 0.25) is 0 Å². The Labute approximate surface area is 313 Å². The van der Waals surface area contributed by atoms with Gasteiger partial charge >= 0.3 is 5.97 Å². The van der Waals surface area contributed by atoms with Crippen LogP contribution in [0.4, 0.5) is 0 Å². The van der Waals surface area contributed by atoms with Crippen LogP contribution in [-0.4, -0.2) is 23.3 Å². The van der Waals surface area contributed by atoms with Gasteiger partial charge in [-0.05, 0) is 50.7 Å². The van der Waals surface area contributed by atoms with Crippen LogP contribution in [0.3, 0.4) is 0 Å². The molecule has 0 aliphatic carbocycles. The van der Waals surface area contributed by atoms with Gasteiger partial charge in [0.1, 0.15) is 6.10 Å². The third-order valence-corrected chi connectivity index (χ3v) is 10.3. The van der Waals surface area contributed by atoms with Gasteiger partial charge < -0.3 is 9.84 Å². The Hall–Kier alpha value is -1.35. The van der Waals surface area contributed by atoms with E-state index in [0.717, 1.165) is 25.7 Å². The van der Waals surface area contributed by atoms with Crippen molar-refractivity contribution in [3.05, 3.63) is 35.9 Å². The quantitative estimate of drug-likeness (QED) is 0.0560. The van der Waals surface area contributed by atoms with Gasteiger partial charge in [-0.3, -0.25) is 0 Å². The van der Waals surface area contributed by atoms with Gasteiger partial charge in [-0.15, -0.1) is 0 Å². The number of rotatable bonds is 36. The molecular weight excluding hydrogens is 613 g/mol. The smallest absolute Gasteiger partial charge is 0.338 e. The van der Waals surface area contributed by atoms with Crippen molar-refractivity contribution in [3.8, 4) is 0 Å². The predicted molar refractivity (Wildman–Crippen MR) is 221 cm³/mol. The second-order valence-electron chi connectivity index (χ2n) is 15.4. The van der Waals surface area contributed by atoms with Crippen molar-refractivity contribution in [1.82, 2.24) is 0 Å². The summed E-state index contributed by atoms with van der Waals surface area (Å²) >= 11 is 0. The van der Waals surface area contributed by atoms with Crippen LogP contribution in [0.15, 0.2) is 30.3 Å². The molecule has 3 heteroatoms. The van der Waals surface area contributed by atoms with E-state index in [9.17, 15) is 9.90 Å². The summed E-state index contributed by atoms with van der Waals surface area (Å²) < 4.78 is 5.90. The summed E-state index contributed by atoms with van der Waals surface area (Å²) in [6, 6.07) is 9.44. The van der Waals surface area contributed by atoms with Crippen molar-refractivity contribution in [2.24, 2.45) is 0 Å². The maximum Gasteiger partial charge on any atom is 0.338 e. The molecule has 0 spiro atoms. The average molecular weight is 701 g/mol. The molecule has 0 aliphatic rings. The highest BCUT2D eigenvalue weighted by Crippen LogP contribution is 2.19. The summed E-state index contributed by atoms with van der Waals surface area (Å²) in [4.78, 5) is 12.5. The van der Waals surface area contributed by atoms with E-state index in [-0.39, 0.29) is 18.2 Å². The number of benzene rings is 1. The lowest BCUT2D eigenvalue weighted by molar-refractivity contribution is 0.0248. The minimum atomic E-state index is -0.155. The van der Waals surface area contributed by atoms with Crippen LogP contribution in [0.5, 0.6) is 0 Å². The number of carbonyl (C=O) groups excluding carboxylic acids is 1. The van der Waals surface area contributed by atoms with Gasteiger partial charge in [-0.2, -0.15) is 0 Å². The van der Waals surface area contributed by atoms with E-state index in [4.69, 9.17) is 4.74 Å². The molecule has 3 nitrogen and oxygen atoms in total. The molecule has 1 aromatic rings. The fraction of sp³-hybridized carbons (Fsp3) is 0.851. The Morgan fingerprint density at radius 2 is 0.720 bits per heavy atom. The number of hydrogen-bond acceptors (Lipinski definition) is 3. The zero-order valence-electron chi connectivity index (χ0n) is 34.3. The normalized spacial score (nSPS) is 12.3. The Kier molecular flexibility index (Phi) is 39.3. The maximum absolute atomic E-state index is 12.5. The Morgan fingerprint density at radius 1 is 0.440 bits per heavy atom. The summed E-state index contributed by atoms with van der Waals surface area (Å²) in [5, 5.41) is 9.95. The van der Waals surface area contributed by atoms with Crippen LogP contribution < -0.4 is 0 Å². The van der Waals surface area contributed by atoms with E-state index in [1.165, 1.54) is 193 Å². The van der Waals surface area contributed by atoms with Gasteiger partial charge in [0.05, 0.1) is 11.7 Å². The van der Waals surface area contributed by atoms with Gasteiger partial charge in [-0.1, -0.05) is 226 Å². The van der Waals surface area contributed by atoms with Gasteiger partial charge in [0.15, 0.2) is 0 Å². The lowest BCUT2D eigenvalue weighted by Gasteiger charge is -2.18. The van der Waals surface area contributed by atoms with Gasteiger partial charge in [0, 0.05) is 0 Å². The highest BCUT2D eigenvalue weighted by atomic mass is 16.5. The summed E-state index contributed by atoms with van der Waals surface area (Å²) in [6.07, 6.45) is 44.2. The summed E-state index contributed by atoms with van der Waals surface area (Å²) in [5.41, 5.74) is 0.674. The molecule has 50 heavy (non-hydrogen) atoms. The van der Waals surface area contributed by atoms with E-state index in [1.54, 1.807) is 0 Å². The van der Waals surface area contributed by atoms with Crippen molar-refractivity contribution in [2.45, 2.75) is 258 Å². The summed E-state index contributed by atoms with van der Waals surface area (Å²) in [5.74, 6) is -0.155. The first kappa shape index (κ1) is 48.6. The largest absolute Gasteiger partial charge is 0.459 e. The van der Waals surface area contributed by atoms with E-state index in [1.807, 2.05) is 30.3 Å². The molecule has 1 aromatic carbocycles. The maximum atomic E-state index is 12.5. The first-order valence-corrected chi connectivity index (χ1v) is 22.5. The molecule has 1 N–H and O–H groups in total. The van der Waals surface area contributed by atoms with E-state index < -0.39 is 0 Å². The van der Waals surface area contributed by atoms with Gasteiger partial charge in [-0.25, -0.2) is 4.79 Å². The number of ether oxygens (including phenoxy) is 1. The minimum Gasteiger partial charge on any atom is -0.459 e. The number of unbranched alkanes of at least 4 members (excludes halogenated alkanes) is 26. The van der Waals surface area contributed by atoms with Gasteiger partial charge in [0.25, 0.3) is 0 Å². The lowest BCUT2D eigenvalue weighted by Crippen LogP contribution is -2.18. The zero-order chi connectivity index (χ0) is 36.6. The molecule has 0 bridgehead atoms. The standard InChI is InChI=1S/C27H46O2.C20H42O/c1-3-5-7-9-11-12-13-15-20-24-26(23-19-14-10-8-6-4-2)29-27(28)25-21-17-16-18-22-25;1-3-5-7-9-11-12-13-15-17-19-20(21)18-16-14-10-8-6-4-2/h16-18,21-22,26H,3-15,19-20,23-24H2,1-2H3;20-21H,3-19H2,1-2H3. The molecule has 0 fully saturated rings. The Bertz CT molecular complexity index is 778. The Morgan fingerprint density at radius 3 is 1.04 bits per heavy atom. The van der Waals surface area contributed by atoms with Crippen molar-refractivity contribution >= 4 is 5.97 Å². The zero-order valence-corrected chi connectivity index (χ0v) is 34.3. The van der Waals surface area contributed by atoms with E-state index in [2.05, 4.69) is 27.7 Å². The number of hydrogen-bond donors (Lipinski definition) is 1. The number of carbonyl (C=O) groups is 1.